The Bertz CT molecular complexity index is 251. The van der Waals surface area contributed by atoms with Crippen LogP contribution in [0.1, 0.15) is 12.8 Å². The van der Waals surface area contributed by atoms with E-state index in [1.165, 1.54) is 12.2 Å². The number of rotatable bonds is 1. The topological polar surface area (TPSA) is 58.2 Å². The molecular weight excluding hydrogens is 200 g/mol. The fourth-order valence-electron chi connectivity index (χ4n) is 1.96. The van der Waals surface area contributed by atoms with Crippen molar-refractivity contribution in [2.24, 2.45) is 5.92 Å². The lowest BCUT2D eigenvalue weighted by molar-refractivity contribution is -0.135. The summed E-state index contributed by atoms with van der Waals surface area (Å²) >= 11 is 1.89. The second kappa shape index (κ2) is 4.31. The highest BCUT2D eigenvalue weighted by Crippen LogP contribution is 2.25. The lowest BCUT2D eigenvalue weighted by atomic mass is 9.94. The molecule has 0 aromatic rings. The molecule has 0 radical (unpaired) electrons. The third kappa shape index (κ3) is 2.09. The molecule has 2 unspecified atom stereocenters. The van der Waals surface area contributed by atoms with Crippen LogP contribution in [-0.2, 0) is 9.59 Å². The highest BCUT2D eigenvalue weighted by atomic mass is 32.2. The summed E-state index contributed by atoms with van der Waals surface area (Å²) in [5, 5.41) is 5.39. The summed E-state index contributed by atoms with van der Waals surface area (Å²) in [5.74, 6) is 2.26. The molecule has 2 N–H and O–H groups in total. The van der Waals surface area contributed by atoms with Crippen molar-refractivity contribution in [3.05, 3.63) is 0 Å². The van der Waals surface area contributed by atoms with Crippen molar-refractivity contribution in [2.75, 3.05) is 18.1 Å². The van der Waals surface area contributed by atoms with E-state index in [0.29, 0.717) is 5.92 Å². The van der Waals surface area contributed by atoms with Gasteiger partial charge >= 0.3 is 0 Å². The van der Waals surface area contributed by atoms with Gasteiger partial charge in [-0.05, 0) is 30.3 Å². The second-order valence-corrected chi connectivity index (χ2v) is 4.90. The van der Waals surface area contributed by atoms with Crippen LogP contribution in [0.15, 0.2) is 0 Å². The van der Waals surface area contributed by atoms with E-state index in [1.54, 1.807) is 0 Å². The predicted molar refractivity (Wildman–Crippen MR) is 55.0 cm³/mol. The molecule has 4 nitrogen and oxygen atoms in total. The molecule has 2 fully saturated rings. The van der Waals surface area contributed by atoms with Crippen LogP contribution < -0.4 is 10.6 Å². The zero-order chi connectivity index (χ0) is 9.97. The predicted octanol–water partition coefficient (Wildman–Crippen LogP) is -0.256. The van der Waals surface area contributed by atoms with Gasteiger partial charge in [0.1, 0.15) is 0 Å². The molecule has 2 rings (SSSR count). The number of hydrogen-bond acceptors (Lipinski definition) is 4. The minimum absolute atomic E-state index is 0.145. The highest BCUT2D eigenvalue weighted by Gasteiger charge is 2.33. The van der Waals surface area contributed by atoms with Gasteiger partial charge in [0, 0.05) is 0 Å². The first kappa shape index (κ1) is 9.98. The van der Waals surface area contributed by atoms with E-state index in [0.717, 1.165) is 12.2 Å². The lowest BCUT2D eigenvalue weighted by Crippen LogP contribution is -2.59. The van der Waals surface area contributed by atoms with Gasteiger partial charge in [-0.15, -0.1) is 0 Å². The van der Waals surface area contributed by atoms with E-state index in [4.69, 9.17) is 0 Å². The molecule has 5 heteroatoms. The van der Waals surface area contributed by atoms with Crippen LogP contribution >= 0.6 is 11.8 Å². The molecule has 2 amide bonds. The van der Waals surface area contributed by atoms with Gasteiger partial charge in [-0.1, -0.05) is 0 Å². The van der Waals surface area contributed by atoms with Gasteiger partial charge in [-0.25, -0.2) is 0 Å². The number of thioether (sulfide) groups is 1. The summed E-state index contributed by atoms with van der Waals surface area (Å²) in [6, 6.07) is -0.152. The van der Waals surface area contributed by atoms with Crippen molar-refractivity contribution in [3.63, 3.8) is 0 Å². The fraction of sp³-hybridized carbons (Fsp3) is 0.778. The van der Waals surface area contributed by atoms with E-state index >= 15 is 0 Å². The minimum atomic E-state index is -0.213. The second-order valence-electron chi connectivity index (χ2n) is 3.75. The summed E-state index contributed by atoms with van der Waals surface area (Å²) in [6.07, 6.45) is 2.26. The van der Waals surface area contributed by atoms with Gasteiger partial charge in [0.2, 0.25) is 11.8 Å². The Morgan fingerprint density at radius 2 is 2.21 bits per heavy atom. The van der Waals surface area contributed by atoms with E-state index < -0.39 is 0 Å². The van der Waals surface area contributed by atoms with E-state index in [9.17, 15) is 9.59 Å². The first-order chi connectivity index (χ1) is 6.77. The van der Waals surface area contributed by atoms with Crippen molar-refractivity contribution in [2.45, 2.75) is 18.9 Å². The number of hydrogen-bond donors (Lipinski definition) is 2. The fourth-order valence-corrected chi connectivity index (χ4v) is 3.16. The maximum Gasteiger partial charge on any atom is 0.244 e. The number of imide groups is 1. The lowest BCUT2D eigenvalue weighted by Gasteiger charge is -2.31. The summed E-state index contributed by atoms with van der Waals surface area (Å²) in [5.41, 5.74) is 0. The molecule has 0 aliphatic carbocycles. The van der Waals surface area contributed by atoms with Gasteiger partial charge in [-0.3, -0.25) is 20.2 Å². The Hall–Kier alpha value is -0.550. The third-order valence-corrected chi connectivity index (χ3v) is 3.94. The van der Waals surface area contributed by atoms with Gasteiger partial charge in [0.05, 0.1) is 12.6 Å². The van der Waals surface area contributed by atoms with Crippen molar-refractivity contribution < 1.29 is 9.59 Å². The average molecular weight is 214 g/mol. The summed E-state index contributed by atoms with van der Waals surface area (Å²) in [7, 11) is 0. The molecule has 2 heterocycles. The van der Waals surface area contributed by atoms with Gasteiger partial charge in [-0.2, -0.15) is 11.8 Å². The molecule has 2 saturated heterocycles. The molecule has 14 heavy (non-hydrogen) atoms. The molecule has 0 spiro atoms. The van der Waals surface area contributed by atoms with Crippen molar-refractivity contribution in [3.8, 4) is 0 Å². The first-order valence-electron chi connectivity index (χ1n) is 4.92. The van der Waals surface area contributed by atoms with Crippen LogP contribution in [0.25, 0.3) is 0 Å². The normalized spacial score (nSPS) is 34.0. The molecule has 2 aliphatic heterocycles. The molecule has 0 saturated carbocycles. The Morgan fingerprint density at radius 1 is 1.36 bits per heavy atom. The number of carbonyl (C=O) groups excluding carboxylic acids is 2. The quantitative estimate of drug-likeness (QED) is 0.591. The van der Waals surface area contributed by atoms with Gasteiger partial charge in [0.15, 0.2) is 0 Å². The van der Waals surface area contributed by atoms with Crippen LogP contribution in [0.5, 0.6) is 0 Å². The van der Waals surface area contributed by atoms with Crippen LogP contribution in [0.4, 0.5) is 0 Å². The Balaban J connectivity index is 1.95. The first-order valence-corrected chi connectivity index (χ1v) is 6.07. The zero-order valence-corrected chi connectivity index (χ0v) is 8.73. The maximum atomic E-state index is 11.5. The molecule has 0 aromatic carbocycles. The van der Waals surface area contributed by atoms with Gasteiger partial charge < -0.3 is 0 Å². The monoisotopic (exact) mass is 214 g/mol. The van der Waals surface area contributed by atoms with E-state index in [2.05, 4.69) is 10.6 Å². The van der Waals surface area contributed by atoms with Gasteiger partial charge in [0.25, 0.3) is 0 Å². The molecule has 2 atom stereocenters. The summed E-state index contributed by atoms with van der Waals surface area (Å²) in [4.78, 5) is 22.4. The molecule has 78 valence electrons. The van der Waals surface area contributed by atoms with Crippen LogP contribution in [0.2, 0.25) is 0 Å². The number of nitrogens with one attached hydrogen (secondary N) is 2. The maximum absolute atomic E-state index is 11.5. The van der Waals surface area contributed by atoms with Crippen LogP contribution in [-0.4, -0.2) is 35.9 Å². The van der Waals surface area contributed by atoms with Crippen molar-refractivity contribution in [1.82, 2.24) is 10.6 Å². The Kier molecular flexibility index (Phi) is 3.08. The largest absolute Gasteiger partial charge is 0.297 e. The average Bonchev–Trinajstić information content (AvgIpc) is 2.19. The smallest absolute Gasteiger partial charge is 0.244 e. The zero-order valence-electron chi connectivity index (χ0n) is 7.91. The Labute approximate surface area is 87.2 Å². The third-order valence-electron chi connectivity index (χ3n) is 2.69. The minimum Gasteiger partial charge on any atom is -0.297 e. The van der Waals surface area contributed by atoms with Crippen molar-refractivity contribution >= 4 is 23.6 Å². The van der Waals surface area contributed by atoms with E-state index in [1.807, 2.05) is 11.8 Å². The summed E-state index contributed by atoms with van der Waals surface area (Å²) < 4.78 is 0. The molecule has 2 aliphatic rings. The van der Waals surface area contributed by atoms with Crippen molar-refractivity contribution in [1.29, 1.82) is 0 Å². The van der Waals surface area contributed by atoms with Crippen LogP contribution in [0, 0.1) is 5.92 Å². The standard InChI is InChI=1S/C9H14N2O2S/c12-7-4-10-8(9(13)11-7)6-2-1-3-14-5-6/h6,8,10H,1-5H2,(H,11,12,13). The SMILES string of the molecule is O=C1CNC(C2CCCSC2)C(=O)N1. The summed E-state index contributed by atoms with van der Waals surface area (Å²) in [6.45, 7) is 0.275. The molecule has 0 aromatic heterocycles. The van der Waals surface area contributed by atoms with Crippen LogP contribution in [0.3, 0.4) is 0 Å². The molecule has 0 bridgehead atoms. The Morgan fingerprint density at radius 3 is 2.86 bits per heavy atom. The highest BCUT2D eigenvalue weighted by molar-refractivity contribution is 7.99. The molecular formula is C9H14N2O2S. The number of carbonyl (C=O) groups is 2. The number of amides is 2. The van der Waals surface area contributed by atoms with E-state index in [-0.39, 0.29) is 24.4 Å². The number of piperazine rings is 1.